The molecule has 0 bridgehead atoms. The molecule has 0 saturated carbocycles. The molecule has 3 heteroatoms. The quantitative estimate of drug-likeness (QED) is 0.715. The number of Topliss-reactive ketones (excluding diaryl/α,β-unsaturated/α-hetero) is 1. The molecule has 0 fully saturated rings. The molecule has 1 heterocycles. The number of carbonyl (C=O) groups excluding carboxylic acids is 1. The molecule has 0 aromatic carbocycles. The first-order valence-corrected chi connectivity index (χ1v) is 6.46. The van der Waals surface area contributed by atoms with Crippen LogP contribution in [0.15, 0.2) is 22.3 Å². The van der Waals surface area contributed by atoms with Crippen LogP contribution >= 0.6 is 0 Å². The number of carbonyl (C=O) groups is 1. The van der Waals surface area contributed by atoms with Gasteiger partial charge in [-0.05, 0) is 24.8 Å². The van der Waals surface area contributed by atoms with Gasteiger partial charge in [-0.25, -0.2) is 0 Å². The SMILES string of the molecule is CO[C@H]1C=C2Cc3occ(C)c3C(=O)[C@H]2[C@H](C)C1. The maximum atomic E-state index is 12.6. The van der Waals surface area contributed by atoms with E-state index in [4.69, 9.17) is 9.15 Å². The van der Waals surface area contributed by atoms with Crippen molar-refractivity contribution in [2.45, 2.75) is 32.8 Å². The third-order valence-corrected chi connectivity index (χ3v) is 4.22. The van der Waals surface area contributed by atoms with Crippen LogP contribution < -0.4 is 0 Å². The van der Waals surface area contributed by atoms with E-state index < -0.39 is 0 Å². The van der Waals surface area contributed by atoms with Gasteiger partial charge in [0.05, 0.1) is 17.9 Å². The van der Waals surface area contributed by atoms with Gasteiger partial charge in [0.2, 0.25) is 0 Å². The number of methoxy groups -OCH3 is 1. The number of ketones is 1. The van der Waals surface area contributed by atoms with Crippen molar-refractivity contribution in [1.82, 2.24) is 0 Å². The predicted octanol–water partition coefficient (Wildman–Crippen LogP) is 2.92. The van der Waals surface area contributed by atoms with Crippen LogP contribution in [0.1, 0.15) is 35.0 Å². The molecule has 3 rings (SSSR count). The highest BCUT2D eigenvalue weighted by Gasteiger charge is 2.40. The first-order valence-electron chi connectivity index (χ1n) is 6.46. The smallest absolute Gasteiger partial charge is 0.174 e. The summed E-state index contributed by atoms with van der Waals surface area (Å²) in [6.45, 7) is 4.09. The lowest BCUT2D eigenvalue weighted by Gasteiger charge is -2.35. The molecule has 0 unspecified atom stereocenters. The van der Waals surface area contributed by atoms with E-state index in [-0.39, 0.29) is 17.8 Å². The summed E-state index contributed by atoms with van der Waals surface area (Å²) >= 11 is 0. The zero-order chi connectivity index (χ0) is 12.9. The van der Waals surface area contributed by atoms with Gasteiger partial charge in [0, 0.05) is 19.4 Å². The lowest BCUT2D eigenvalue weighted by atomic mass is 9.70. The van der Waals surface area contributed by atoms with E-state index in [1.165, 1.54) is 5.57 Å². The molecule has 0 saturated heterocycles. The van der Waals surface area contributed by atoms with Gasteiger partial charge in [-0.3, -0.25) is 4.79 Å². The van der Waals surface area contributed by atoms with Crippen LogP contribution in [0.2, 0.25) is 0 Å². The van der Waals surface area contributed by atoms with Crippen molar-refractivity contribution < 1.29 is 13.9 Å². The second-order valence-corrected chi connectivity index (χ2v) is 5.46. The Morgan fingerprint density at radius 2 is 2.22 bits per heavy atom. The van der Waals surface area contributed by atoms with Gasteiger partial charge >= 0.3 is 0 Å². The van der Waals surface area contributed by atoms with Gasteiger partial charge in [-0.1, -0.05) is 18.6 Å². The largest absolute Gasteiger partial charge is 0.468 e. The van der Waals surface area contributed by atoms with E-state index in [0.29, 0.717) is 5.92 Å². The van der Waals surface area contributed by atoms with Crippen LogP contribution in [0.5, 0.6) is 0 Å². The second-order valence-electron chi connectivity index (χ2n) is 5.46. The Balaban J connectivity index is 2.07. The van der Waals surface area contributed by atoms with E-state index in [1.54, 1.807) is 13.4 Å². The van der Waals surface area contributed by atoms with Crippen molar-refractivity contribution in [3.05, 3.63) is 34.8 Å². The normalized spacial score (nSPS) is 30.7. The van der Waals surface area contributed by atoms with Gasteiger partial charge < -0.3 is 9.15 Å². The van der Waals surface area contributed by atoms with Crippen molar-refractivity contribution in [3.63, 3.8) is 0 Å². The molecular weight excluding hydrogens is 228 g/mol. The number of ether oxygens (including phenoxy) is 1. The summed E-state index contributed by atoms with van der Waals surface area (Å²) < 4.78 is 10.9. The van der Waals surface area contributed by atoms with Crippen molar-refractivity contribution in [1.29, 1.82) is 0 Å². The Morgan fingerprint density at radius 3 is 2.94 bits per heavy atom. The first kappa shape index (κ1) is 11.7. The summed E-state index contributed by atoms with van der Waals surface area (Å²) in [5.41, 5.74) is 2.96. The number of furan rings is 1. The van der Waals surface area contributed by atoms with Crippen LogP contribution in [0.25, 0.3) is 0 Å². The maximum absolute atomic E-state index is 12.6. The molecule has 18 heavy (non-hydrogen) atoms. The number of rotatable bonds is 1. The van der Waals surface area contributed by atoms with Crippen LogP contribution in [-0.2, 0) is 11.2 Å². The zero-order valence-electron chi connectivity index (χ0n) is 11.0. The molecule has 0 spiro atoms. The summed E-state index contributed by atoms with van der Waals surface area (Å²) in [5.74, 6) is 1.42. The molecule has 3 atom stereocenters. The summed E-state index contributed by atoms with van der Waals surface area (Å²) in [6.07, 6.45) is 5.62. The second kappa shape index (κ2) is 4.09. The lowest BCUT2D eigenvalue weighted by Crippen LogP contribution is -2.36. The highest BCUT2D eigenvalue weighted by atomic mass is 16.5. The average molecular weight is 246 g/mol. The molecule has 0 amide bonds. The molecule has 0 N–H and O–H groups in total. The third kappa shape index (κ3) is 1.57. The standard InChI is InChI=1S/C15H18O3/c1-8-4-11(17-3)5-10-6-12-14(9(2)7-18-12)15(16)13(8)10/h5,7-8,11,13H,4,6H2,1-3H3/t8-,11-,13+/m1/s1. The van der Waals surface area contributed by atoms with Gasteiger partial charge in [-0.2, -0.15) is 0 Å². The van der Waals surface area contributed by atoms with Crippen LogP contribution in [0.4, 0.5) is 0 Å². The monoisotopic (exact) mass is 246 g/mol. The number of hydrogen-bond acceptors (Lipinski definition) is 3. The van der Waals surface area contributed by atoms with Crippen LogP contribution in [0.3, 0.4) is 0 Å². The fraction of sp³-hybridized carbons (Fsp3) is 0.533. The summed E-state index contributed by atoms with van der Waals surface area (Å²) in [5, 5.41) is 0. The Hall–Kier alpha value is -1.35. The number of hydrogen-bond donors (Lipinski definition) is 0. The highest BCUT2D eigenvalue weighted by Crippen LogP contribution is 2.41. The first-order chi connectivity index (χ1) is 8.61. The third-order valence-electron chi connectivity index (χ3n) is 4.22. The van der Waals surface area contributed by atoms with E-state index in [9.17, 15) is 4.79 Å². The van der Waals surface area contributed by atoms with Gasteiger partial charge in [-0.15, -0.1) is 0 Å². The maximum Gasteiger partial charge on any atom is 0.174 e. The molecule has 2 aliphatic carbocycles. The topological polar surface area (TPSA) is 39.4 Å². The molecular formula is C15H18O3. The average Bonchev–Trinajstić information content (AvgIpc) is 2.70. The minimum atomic E-state index is 0.0280. The number of fused-ring (bicyclic) bond motifs is 2. The Morgan fingerprint density at radius 1 is 1.44 bits per heavy atom. The van der Waals surface area contributed by atoms with Gasteiger partial charge in [0.25, 0.3) is 0 Å². The summed E-state index contributed by atoms with van der Waals surface area (Å²) in [7, 11) is 1.72. The van der Waals surface area contributed by atoms with Crippen molar-refractivity contribution in [2.75, 3.05) is 7.11 Å². The van der Waals surface area contributed by atoms with E-state index in [1.807, 2.05) is 6.92 Å². The zero-order valence-corrected chi connectivity index (χ0v) is 11.0. The summed E-state index contributed by atoms with van der Waals surface area (Å²) in [6, 6.07) is 0. The van der Waals surface area contributed by atoms with Crippen LogP contribution in [-0.4, -0.2) is 19.0 Å². The molecule has 0 radical (unpaired) electrons. The minimum Gasteiger partial charge on any atom is -0.468 e. The van der Waals surface area contributed by atoms with Crippen molar-refractivity contribution in [3.8, 4) is 0 Å². The minimum absolute atomic E-state index is 0.0280. The summed E-state index contributed by atoms with van der Waals surface area (Å²) in [4.78, 5) is 12.6. The molecule has 1 aromatic heterocycles. The van der Waals surface area contributed by atoms with E-state index in [2.05, 4.69) is 13.0 Å². The molecule has 2 aliphatic rings. The Labute approximate surface area is 107 Å². The molecule has 0 aliphatic heterocycles. The number of aryl methyl sites for hydroxylation is 1. The predicted molar refractivity (Wildman–Crippen MR) is 67.6 cm³/mol. The van der Waals surface area contributed by atoms with Gasteiger partial charge in [0.1, 0.15) is 5.76 Å². The fourth-order valence-corrected chi connectivity index (χ4v) is 3.34. The Bertz CT molecular complexity index is 524. The van der Waals surface area contributed by atoms with Crippen molar-refractivity contribution >= 4 is 5.78 Å². The van der Waals surface area contributed by atoms with Gasteiger partial charge in [0.15, 0.2) is 5.78 Å². The van der Waals surface area contributed by atoms with E-state index >= 15 is 0 Å². The number of allylic oxidation sites excluding steroid dienone is 1. The molecule has 1 aromatic rings. The molecule has 96 valence electrons. The highest BCUT2D eigenvalue weighted by molar-refractivity contribution is 6.03. The Kier molecular flexibility index (Phi) is 2.67. The van der Waals surface area contributed by atoms with Crippen LogP contribution in [0, 0.1) is 18.8 Å². The fourth-order valence-electron chi connectivity index (χ4n) is 3.34. The van der Waals surface area contributed by atoms with Crippen molar-refractivity contribution in [2.24, 2.45) is 11.8 Å². The lowest BCUT2D eigenvalue weighted by molar-refractivity contribution is 0.0761. The van der Waals surface area contributed by atoms with E-state index in [0.717, 1.165) is 29.7 Å². The molecule has 3 nitrogen and oxygen atoms in total.